The topological polar surface area (TPSA) is 92.1 Å². The number of rotatable bonds is 14. The molecule has 0 saturated carbocycles. The molecular weight excluding hydrogens is 1810 g/mol. The summed E-state index contributed by atoms with van der Waals surface area (Å²) in [6.45, 7) is 0. The second kappa shape index (κ2) is 36.2. The highest BCUT2D eigenvalue weighted by molar-refractivity contribution is 7.27. The van der Waals surface area contributed by atoms with Crippen molar-refractivity contribution < 1.29 is 0 Å². The molecular formula is C132H83N9S3. The van der Waals surface area contributed by atoms with Crippen LogP contribution in [0.4, 0.5) is 0 Å². The Bertz CT molecular complexity index is 10000. The van der Waals surface area contributed by atoms with Gasteiger partial charge in [-0.3, -0.25) is 0 Å². The van der Waals surface area contributed by atoms with E-state index in [1.807, 2.05) is 54.6 Å². The van der Waals surface area contributed by atoms with Gasteiger partial charge in [0.05, 0.1) is 80.8 Å². The number of hydrogen-bond acceptors (Lipinski definition) is 9. The molecule has 144 heavy (non-hydrogen) atoms. The fourth-order valence-corrected chi connectivity index (χ4v) is 24.6. The van der Waals surface area contributed by atoms with Crippen LogP contribution >= 0.6 is 34.0 Å². The van der Waals surface area contributed by atoms with Gasteiger partial charge in [0.25, 0.3) is 0 Å². The predicted octanol–water partition coefficient (Wildman–Crippen LogP) is 36.2. The molecule has 9 aromatic heterocycles. The molecule has 0 fully saturated rings. The highest BCUT2D eigenvalue weighted by Crippen LogP contribution is 2.49. The molecule has 0 radical (unpaired) electrons. The van der Waals surface area contributed by atoms with Crippen LogP contribution in [0.2, 0.25) is 0 Å². The number of nitrogens with zero attached hydrogens (tertiary/aromatic N) is 9. The molecule has 9 nitrogen and oxygen atoms in total. The first kappa shape index (κ1) is 84.9. The molecule has 0 unspecified atom stereocenters. The van der Waals surface area contributed by atoms with Gasteiger partial charge >= 0.3 is 0 Å². The van der Waals surface area contributed by atoms with Gasteiger partial charge in [-0.1, -0.05) is 382 Å². The van der Waals surface area contributed by atoms with E-state index in [0.717, 1.165) is 143 Å². The first-order valence-corrected chi connectivity index (χ1v) is 50.9. The van der Waals surface area contributed by atoms with Gasteiger partial charge in [-0.2, -0.15) is 0 Å². The molecule has 0 N–H and O–H groups in total. The maximum Gasteiger partial charge on any atom is 0.160 e. The van der Waals surface area contributed by atoms with Crippen molar-refractivity contribution in [1.29, 1.82) is 0 Å². The SMILES string of the molecule is c1ccc(-c2ccc3c(c2)c2c(-c4cccc(-c5nc(-c6ccccc6)nc6c5sc5ccccc56)c4)cccc2n3-c2ccccc2)cc1.c1ccc(-c2nc(-c3cccc(-c4cccc(-c5cccc6c5c5ccccc5n6-c5ccccc5)c4)c3)c3sc4ccccc4c3n2)cc1.c1ccc(-c2nc(-c3cccc(-c4cccc5c4c4ccccc4n5-c4ccccc4)c3)c3sc4ccccc4c3n2)cc1. The number of para-hydroxylation sites is 5. The lowest BCUT2D eigenvalue weighted by molar-refractivity contribution is 1.18. The number of fused-ring (bicyclic) bond motifs is 18. The average Bonchev–Trinajstić information content (AvgIpc) is 1.58. The highest BCUT2D eigenvalue weighted by atomic mass is 32.1. The highest BCUT2D eigenvalue weighted by Gasteiger charge is 2.26. The maximum absolute atomic E-state index is 5.27. The quantitative estimate of drug-likeness (QED) is 0.108. The number of thiophene rings is 3. The average molecular weight is 1890 g/mol. The van der Waals surface area contributed by atoms with Crippen LogP contribution in [0.25, 0.3) is 267 Å². The minimum absolute atomic E-state index is 0.739. The summed E-state index contributed by atoms with van der Waals surface area (Å²) in [6, 6.07) is 179. The smallest absolute Gasteiger partial charge is 0.160 e. The van der Waals surface area contributed by atoms with Crippen LogP contribution in [0.3, 0.4) is 0 Å². The Balaban J connectivity index is 0.000000108. The van der Waals surface area contributed by atoms with Gasteiger partial charge in [0.1, 0.15) is 0 Å². The lowest BCUT2D eigenvalue weighted by Crippen LogP contribution is -1.94. The first-order valence-electron chi connectivity index (χ1n) is 48.4. The van der Waals surface area contributed by atoms with Gasteiger partial charge in [-0.15, -0.1) is 34.0 Å². The van der Waals surface area contributed by atoms with Crippen LogP contribution in [0, 0.1) is 0 Å². The van der Waals surface area contributed by atoms with Crippen LogP contribution in [0.1, 0.15) is 0 Å². The van der Waals surface area contributed by atoms with Crippen molar-refractivity contribution in [2.45, 2.75) is 0 Å². The van der Waals surface area contributed by atoms with Gasteiger partial charge in [0.15, 0.2) is 17.5 Å². The molecule has 29 aromatic rings. The van der Waals surface area contributed by atoms with Crippen molar-refractivity contribution in [3.05, 3.63) is 504 Å². The van der Waals surface area contributed by atoms with E-state index in [1.165, 1.54) is 124 Å². The Kier molecular flexibility index (Phi) is 21.3. The molecule has 29 rings (SSSR count). The van der Waals surface area contributed by atoms with E-state index in [1.54, 1.807) is 34.0 Å². The lowest BCUT2D eigenvalue weighted by Gasteiger charge is -2.11. The summed E-state index contributed by atoms with van der Waals surface area (Å²) >= 11 is 5.29. The third-order valence-electron chi connectivity index (χ3n) is 27.6. The summed E-state index contributed by atoms with van der Waals surface area (Å²) < 4.78 is 14.1. The van der Waals surface area contributed by atoms with Crippen LogP contribution < -0.4 is 0 Å². The standard InChI is InChI=1S/2C46H29N3S.C40H25N3S/c1-4-14-30(15-5-1)32-26-27-39-38(29-32)42-36(23-13-24-40(42)49(39)35-20-8-3-9-21-35)33-18-12-19-34(28-33)43-45-44(37-22-10-11-25-41(37)50-45)48-46(47-43)31-16-6-2-7-17-31;1-3-14-30(15-4-1)46-47-43(45-44(48-46)38-23-8-10-27-41(38)50-45)34-19-12-17-32(29-34)31-16-11-18-33(28-31)36-24-13-26-40-42(36)37-22-7-9-25-39(37)49(40)35-20-5-2-6-21-35;1-3-13-26(14-4-1)40-41-37(39-38(42-40)32-20-8-10-24-35(32)44-39)28-16-11-15-27(25-28)30-21-12-23-34-36(30)31-19-7-9-22-33(31)43(34)29-17-5-2-6-18-29/h2*1-29H;1-25H. The van der Waals surface area contributed by atoms with E-state index >= 15 is 0 Å². The van der Waals surface area contributed by atoms with Crippen molar-refractivity contribution in [2.75, 3.05) is 0 Å². The fraction of sp³-hybridized carbons (Fsp3) is 0. The van der Waals surface area contributed by atoms with Crippen molar-refractivity contribution in [2.24, 2.45) is 0 Å². The molecule has 0 spiro atoms. The summed E-state index contributed by atoms with van der Waals surface area (Å²) in [5.41, 5.74) is 34.7. The second-order valence-electron chi connectivity index (χ2n) is 36.2. The Labute approximate surface area is 841 Å². The number of hydrogen-bond donors (Lipinski definition) is 0. The predicted molar refractivity (Wildman–Crippen MR) is 608 cm³/mol. The van der Waals surface area contributed by atoms with E-state index in [0.29, 0.717) is 0 Å². The van der Waals surface area contributed by atoms with Gasteiger partial charge in [0.2, 0.25) is 0 Å². The summed E-state index contributed by atoms with van der Waals surface area (Å²) in [4.78, 5) is 31.1. The molecule has 20 aromatic carbocycles. The summed E-state index contributed by atoms with van der Waals surface area (Å²) in [5, 5.41) is 11.0. The molecule has 0 saturated heterocycles. The van der Waals surface area contributed by atoms with E-state index in [9.17, 15) is 0 Å². The molecule has 0 bridgehead atoms. The summed E-state index contributed by atoms with van der Waals surface area (Å²) in [6.07, 6.45) is 0. The Morgan fingerprint density at radius 1 is 0.153 bits per heavy atom. The van der Waals surface area contributed by atoms with Gasteiger partial charge in [-0.05, 0) is 177 Å². The second-order valence-corrected chi connectivity index (χ2v) is 39.3. The van der Waals surface area contributed by atoms with Crippen molar-refractivity contribution in [1.82, 2.24) is 43.6 Å². The van der Waals surface area contributed by atoms with Crippen LogP contribution in [0.15, 0.2) is 504 Å². The zero-order valence-corrected chi connectivity index (χ0v) is 80.1. The summed E-state index contributed by atoms with van der Waals surface area (Å²) in [7, 11) is 0. The Morgan fingerprint density at radius 3 is 0.750 bits per heavy atom. The van der Waals surface area contributed by atoms with E-state index < -0.39 is 0 Å². The van der Waals surface area contributed by atoms with E-state index in [-0.39, 0.29) is 0 Å². The molecule has 0 amide bonds. The number of aromatic nitrogens is 9. The molecule has 674 valence electrons. The molecule has 12 heteroatoms. The van der Waals surface area contributed by atoms with Gasteiger partial charge in [0, 0.05) is 113 Å². The zero-order valence-electron chi connectivity index (χ0n) is 77.7. The molecule has 9 heterocycles. The van der Waals surface area contributed by atoms with Crippen LogP contribution in [0.5, 0.6) is 0 Å². The molecule has 0 aliphatic heterocycles. The third kappa shape index (κ3) is 15.1. The summed E-state index contributed by atoms with van der Waals surface area (Å²) in [5.74, 6) is 2.23. The minimum atomic E-state index is 0.739. The van der Waals surface area contributed by atoms with Crippen molar-refractivity contribution in [3.8, 4) is 141 Å². The van der Waals surface area contributed by atoms with Crippen molar-refractivity contribution >= 4 is 160 Å². The Hall–Kier alpha value is -18.3. The molecule has 0 atom stereocenters. The fourth-order valence-electron chi connectivity index (χ4n) is 21.1. The number of benzene rings is 20. The maximum atomic E-state index is 5.27. The zero-order chi connectivity index (χ0) is 95.1. The normalized spacial score (nSPS) is 11.6. The van der Waals surface area contributed by atoms with Crippen molar-refractivity contribution in [3.63, 3.8) is 0 Å². The lowest BCUT2D eigenvalue weighted by atomic mass is 9.95. The minimum Gasteiger partial charge on any atom is -0.309 e. The molecule has 0 aliphatic carbocycles. The monoisotopic (exact) mass is 1890 g/mol. The largest absolute Gasteiger partial charge is 0.309 e. The first-order chi connectivity index (χ1) is 71.4. The third-order valence-corrected chi connectivity index (χ3v) is 31.1. The van der Waals surface area contributed by atoms with Crippen LogP contribution in [-0.2, 0) is 0 Å². The van der Waals surface area contributed by atoms with Gasteiger partial charge in [-0.25, -0.2) is 29.9 Å². The Morgan fingerprint density at radius 2 is 0.396 bits per heavy atom. The van der Waals surface area contributed by atoms with Gasteiger partial charge < -0.3 is 13.7 Å². The van der Waals surface area contributed by atoms with Crippen LogP contribution in [-0.4, -0.2) is 43.6 Å². The van der Waals surface area contributed by atoms with E-state index in [2.05, 4.69) is 463 Å². The molecule has 0 aliphatic rings. The van der Waals surface area contributed by atoms with E-state index in [4.69, 9.17) is 29.9 Å².